The van der Waals surface area contributed by atoms with Crippen molar-refractivity contribution in [2.45, 2.75) is 19.8 Å². The fourth-order valence-corrected chi connectivity index (χ4v) is 2.10. The Morgan fingerprint density at radius 1 is 1.11 bits per heavy atom. The number of hydrogen-bond donors (Lipinski definition) is 1. The van der Waals surface area contributed by atoms with Crippen LogP contribution in [-0.4, -0.2) is 26.3 Å². The van der Waals surface area contributed by atoms with Crippen LogP contribution in [-0.2, 0) is 0 Å². The van der Waals surface area contributed by atoms with Crippen LogP contribution in [0.3, 0.4) is 0 Å². The summed E-state index contributed by atoms with van der Waals surface area (Å²) in [7, 11) is 5.21. The number of benzene rings is 1. The molecule has 1 aromatic heterocycles. The monoisotopic (exact) mass is 260 g/mol. The summed E-state index contributed by atoms with van der Waals surface area (Å²) in [5.41, 5.74) is 2.95. The van der Waals surface area contributed by atoms with Gasteiger partial charge in [-0.25, -0.2) is 0 Å². The Morgan fingerprint density at radius 3 is 2.37 bits per heavy atom. The molecular weight excluding hydrogens is 240 g/mol. The maximum Gasteiger partial charge on any atom is 0.134 e. The van der Waals surface area contributed by atoms with Crippen molar-refractivity contribution in [2.24, 2.45) is 0 Å². The van der Waals surface area contributed by atoms with Crippen molar-refractivity contribution in [3.8, 4) is 11.5 Å². The zero-order valence-corrected chi connectivity index (χ0v) is 12.1. The zero-order chi connectivity index (χ0) is 14.0. The van der Waals surface area contributed by atoms with Gasteiger partial charge in [-0.1, -0.05) is 13.8 Å². The first-order chi connectivity index (χ1) is 9.10. The van der Waals surface area contributed by atoms with Crippen LogP contribution in [0.5, 0.6) is 11.5 Å². The molecule has 0 fully saturated rings. The Bertz CT molecular complexity index is 594. The number of nitrogens with zero attached hydrogens (tertiary/aromatic N) is 1. The molecule has 4 nitrogen and oxygen atoms in total. The van der Waals surface area contributed by atoms with Crippen LogP contribution in [0, 0.1) is 0 Å². The molecular formula is C15H20N2O2. The van der Waals surface area contributed by atoms with Crippen molar-refractivity contribution in [2.75, 3.05) is 26.6 Å². The normalized spacial score (nSPS) is 10.8. The third kappa shape index (κ3) is 2.43. The highest BCUT2D eigenvalue weighted by atomic mass is 16.5. The molecule has 1 heterocycles. The SMILES string of the molecule is CNc1cc(C(C)C)nc2cc(OC)cc(OC)c12. The van der Waals surface area contributed by atoms with E-state index in [9.17, 15) is 0 Å². The van der Waals surface area contributed by atoms with Crippen LogP contribution in [0.2, 0.25) is 0 Å². The molecule has 0 radical (unpaired) electrons. The largest absolute Gasteiger partial charge is 0.497 e. The van der Waals surface area contributed by atoms with Gasteiger partial charge in [0.1, 0.15) is 11.5 Å². The summed E-state index contributed by atoms with van der Waals surface area (Å²) in [5.74, 6) is 1.88. The molecule has 2 rings (SSSR count). The Morgan fingerprint density at radius 2 is 1.84 bits per heavy atom. The Labute approximate surface area is 113 Å². The van der Waals surface area contributed by atoms with Gasteiger partial charge in [0.25, 0.3) is 0 Å². The van der Waals surface area contributed by atoms with E-state index in [4.69, 9.17) is 14.5 Å². The lowest BCUT2D eigenvalue weighted by molar-refractivity contribution is 0.398. The van der Waals surface area contributed by atoms with Gasteiger partial charge in [0, 0.05) is 30.6 Å². The minimum absolute atomic E-state index is 0.369. The summed E-state index contributed by atoms with van der Waals surface area (Å²) < 4.78 is 10.8. The first-order valence-electron chi connectivity index (χ1n) is 6.35. The van der Waals surface area contributed by atoms with Gasteiger partial charge in [-0.2, -0.15) is 0 Å². The fourth-order valence-electron chi connectivity index (χ4n) is 2.10. The lowest BCUT2D eigenvalue weighted by Crippen LogP contribution is -2.00. The van der Waals surface area contributed by atoms with Crippen molar-refractivity contribution in [1.82, 2.24) is 4.98 Å². The minimum Gasteiger partial charge on any atom is -0.497 e. The number of ether oxygens (including phenoxy) is 2. The molecule has 0 aliphatic carbocycles. The Hall–Kier alpha value is -1.97. The molecule has 0 bridgehead atoms. The quantitative estimate of drug-likeness (QED) is 0.914. The van der Waals surface area contributed by atoms with E-state index in [0.29, 0.717) is 5.92 Å². The van der Waals surface area contributed by atoms with Gasteiger partial charge in [-0.05, 0) is 12.0 Å². The lowest BCUT2D eigenvalue weighted by atomic mass is 10.1. The van der Waals surface area contributed by atoms with E-state index >= 15 is 0 Å². The Balaban J connectivity index is 2.80. The second kappa shape index (κ2) is 5.34. The Kier molecular flexibility index (Phi) is 3.79. The molecule has 0 saturated heterocycles. The van der Waals surface area contributed by atoms with E-state index in [-0.39, 0.29) is 0 Å². The molecule has 1 aromatic carbocycles. The topological polar surface area (TPSA) is 43.4 Å². The molecule has 0 unspecified atom stereocenters. The highest BCUT2D eigenvalue weighted by Gasteiger charge is 2.13. The van der Waals surface area contributed by atoms with Crippen LogP contribution in [0.15, 0.2) is 18.2 Å². The summed E-state index contributed by atoms with van der Waals surface area (Å²) in [6.07, 6.45) is 0. The van der Waals surface area contributed by atoms with Gasteiger partial charge < -0.3 is 14.8 Å². The highest BCUT2D eigenvalue weighted by Crippen LogP contribution is 2.36. The standard InChI is InChI=1S/C15H20N2O2/c1-9(2)11-8-12(16-3)15-13(17-11)6-10(18-4)7-14(15)19-5/h6-9H,1-5H3,(H,16,17). The van der Waals surface area contributed by atoms with Crippen LogP contribution in [0.25, 0.3) is 10.9 Å². The molecule has 2 aromatic rings. The van der Waals surface area contributed by atoms with Crippen molar-refractivity contribution in [1.29, 1.82) is 0 Å². The number of nitrogens with one attached hydrogen (secondary N) is 1. The first kappa shape index (κ1) is 13.5. The first-order valence-corrected chi connectivity index (χ1v) is 6.35. The average Bonchev–Trinajstić information content (AvgIpc) is 2.44. The average molecular weight is 260 g/mol. The molecule has 0 aliphatic rings. The second-order valence-corrected chi connectivity index (χ2v) is 4.72. The second-order valence-electron chi connectivity index (χ2n) is 4.72. The van der Waals surface area contributed by atoms with E-state index in [1.807, 2.05) is 19.2 Å². The van der Waals surface area contributed by atoms with Crippen LogP contribution < -0.4 is 14.8 Å². The van der Waals surface area contributed by atoms with E-state index in [2.05, 4.69) is 25.2 Å². The fraction of sp³-hybridized carbons (Fsp3) is 0.400. The van der Waals surface area contributed by atoms with Crippen molar-refractivity contribution >= 4 is 16.6 Å². The smallest absolute Gasteiger partial charge is 0.134 e. The predicted molar refractivity (Wildman–Crippen MR) is 78.5 cm³/mol. The van der Waals surface area contributed by atoms with E-state index in [0.717, 1.165) is 33.8 Å². The van der Waals surface area contributed by atoms with Crippen LogP contribution >= 0.6 is 0 Å². The summed E-state index contributed by atoms with van der Waals surface area (Å²) in [4.78, 5) is 4.70. The summed E-state index contributed by atoms with van der Waals surface area (Å²) >= 11 is 0. The third-order valence-electron chi connectivity index (χ3n) is 3.18. The number of fused-ring (bicyclic) bond motifs is 1. The molecule has 0 amide bonds. The molecule has 0 spiro atoms. The van der Waals surface area contributed by atoms with Crippen molar-refractivity contribution < 1.29 is 9.47 Å². The predicted octanol–water partition coefficient (Wildman–Crippen LogP) is 3.42. The number of rotatable bonds is 4. The molecule has 0 aliphatic heterocycles. The van der Waals surface area contributed by atoms with Crippen LogP contribution in [0.4, 0.5) is 5.69 Å². The lowest BCUT2D eigenvalue weighted by Gasteiger charge is -2.15. The molecule has 0 atom stereocenters. The van der Waals surface area contributed by atoms with Crippen molar-refractivity contribution in [3.63, 3.8) is 0 Å². The maximum atomic E-state index is 5.45. The maximum absolute atomic E-state index is 5.45. The van der Waals surface area contributed by atoms with E-state index < -0.39 is 0 Å². The van der Waals surface area contributed by atoms with Crippen LogP contribution in [0.1, 0.15) is 25.5 Å². The van der Waals surface area contributed by atoms with E-state index in [1.165, 1.54) is 0 Å². The molecule has 102 valence electrons. The van der Waals surface area contributed by atoms with Gasteiger partial charge in [0.15, 0.2) is 0 Å². The van der Waals surface area contributed by atoms with Gasteiger partial charge in [-0.15, -0.1) is 0 Å². The molecule has 0 saturated carbocycles. The van der Waals surface area contributed by atoms with Gasteiger partial charge >= 0.3 is 0 Å². The van der Waals surface area contributed by atoms with E-state index in [1.54, 1.807) is 14.2 Å². The summed E-state index contributed by atoms with van der Waals surface area (Å²) in [6.45, 7) is 4.26. The number of hydrogen-bond acceptors (Lipinski definition) is 4. The number of anilines is 1. The van der Waals surface area contributed by atoms with Crippen molar-refractivity contribution in [3.05, 3.63) is 23.9 Å². The van der Waals surface area contributed by atoms with Gasteiger partial charge in [0.05, 0.1) is 25.1 Å². The number of aromatic nitrogens is 1. The molecule has 4 heteroatoms. The number of methoxy groups -OCH3 is 2. The zero-order valence-electron chi connectivity index (χ0n) is 12.1. The summed E-state index contributed by atoms with van der Waals surface area (Å²) in [5, 5.41) is 4.20. The molecule has 19 heavy (non-hydrogen) atoms. The van der Waals surface area contributed by atoms with Gasteiger partial charge in [0.2, 0.25) is 0 Å². The highest BCUT2D eigenvalue weighted by molar-refractivity contribution is 5.97. The summed E-state index contributed by atoms with van der Waals surface area (Å²) in [6, 6.07) is 5.88. The minimum atomic E-state index is 0.369. The molecule has 1 N–H and O–H groups in total. The number of pyridine rings is 1. The third-order valence-corrected chi connectivity index (χ3v) is 3.18. The van der Waals surface area contributed by atoms with Gasteiger partial charge in [-0.3, -0.25) is 4.98 Å².